The highest BCUT2D eigenvalue weighted by atomic mass is 16.5. The Morgan fingerprint density at radius 3 is 1.59 bits per heavy atom. The minimum absolute atomic E-state index is 0.0585. The van der Waals surface area contributed by atoms with Gasteiger partial charge in [-0.25, -0.2) is 0 Å². The van der Waals surface area contributed by atoms with Crippen LogP contribution in [0.15, 0.2) is 60.7 Å². The second-order valence-electron chi connectivity index (χ2n) is 7.38. The van der Waals surface area contributed by atoms with Crippen LogP contribution in [0.3, 0.4) is 0 Å². The smallest absolute Gasteiger partial charge is 0.229 e. The van der Waals surface area contributed by atoms with Crippen molar-refractivity contribution in [1.82, 2.24) is 0 Å². The van der Waals surface area contributed by atoms with Gasteiger partial charge in [-0.1, -0.05) is 36.4 Å². The molecule has 4 rings (SSSR count). The maximum absolute atomic E-state index is 13.2. The Labute approximate surface area is 169 Å². The number of carbonyl (C=O) groups excluding carboxylic acids is 2. The van der Waals surface area contributed by atoms with Gasteiger partial charge in [0, 0.05) is 0 Å². The van der Waals surface area contributed by atoms with Crippen molar-refractivity contribution in [3.8, 4) is 11.5 Å². The zero-order valence-electron chi connectivity index (χ0n) is 16.4. The summed E-state index contributed by atoms with van der Waals surface area (Å²) >= 11 is 0. The first kappa shape index (κ1) is 19.1. The number of fused-ring (bicyclic) bond motifs is 2. The number of allylic oxidation sites excluding steroid dienone is 2. The van der Waals surface area contributed by atoms with E-state index in [1.54, 1.807) is 38.5 Å². The lowest BCUT2D eigenvalue weighted by Crippen LogP contribution is -2.39. The molecule has 0 heterocycles. The van der Waals surface area contributed by atoms with Crippen molar-refractivity contribution in [2.75, 3.05) is 24.9 Å². The van der Waals surface area contributed by atoms with Crippen molar-refractivity contribution in [3.63, 3.8) is 0 Å². The van der Waals surface area contributed by atoms with Crippen LogP contribution in [-0.4, -0.2) is 26.0 Å². The van der Waals surface area contributed by atoms with Gasteiger partial charge in [-0.2, -0.15) is 0 Å². The minimum atomic E-state index is -0.426. The molecule has 6 nitrogen and oxygen atoms in total. The topological polar surface area (TPSA) is 76.7 Å². The lowest BCUT2D eigenvalue weighted by molar-refractivity contribution is -0.129. The van der Waals surface area contributed by atoms with Crippen molar-refractivity contribution in [2.24, 2.45) is 23.7 Å². The predicted octanol–water partition coefficient (Wildman–Crippen LogP) is 3.72. The molecule has 2 aliphatic carbocycles. The maximum atomic E-state index is 13.2. The zero-order chi connectivity index (χ0) is 20.4. The highest BCUT2D eigenvalue weighted by Crippen LogP contribution is 2.49. The molecule has 2 aromatic rings. The van der Waals surface area contributed by atoms with Gasteiger partial charge in [0.15, 0.2) is 0 Å². The largest absolute Gasteiger partial charge is 0.495 e. The molecule has 0 spiro atoms. The van der Waals surface area contributed by atoms with E-state index in [0.29, 0.717) is 22.9 Å². The molecule has 0 saturated heterocycles. The van der Waals surface area contributed by atoms with Gasteiger partial charge in [-0.15, -0.1) is 0 Å². The molecule has 29 heavy (non-hydrogen) atoms. The number of ether oxygens (including phenoxy) is 2. The summed E-state index contributed by atoms with van der Waals surface area (Å²) < 4.78 is 10.7. The SMILES string of the molecule is COc1ccccc1NC(=O)[C@@H]1[C@H](C(=O)Nc2ccccc2OC)[C@@H]2C=C[C@@H]1C2. The lowest BCUT2D eigenvalue weighted by atomic mass is 9.81. The van der Waals surface area contributed by atoms with Gasteiger partial charge in [-0.05, 0) is 42.5 Å². The third-order valence-electron chi connectivity index (χ3n) is 5.79. The fourth-order valence-corrected chi connectivity index (χ4v) is 4.47. The highest BCUT2D eigenvalue weighted by molar-refractivity contribution is 6.02. The summed E-state index contributed by atoms with van der Waals surface area (Å²) in [5.41, 5.74) is 1.21. The van der Waals surface area contributed by atoms with Crippen molar-refractivity contribution in [2.45, 2.75) is 6.42 Å². The normalized spacial score (nSPS) is 24.2. The number of rotatable bonds is 6. The van der Waals surface area contributed by atoms with Gasteiger partial charge >= 0.3 is 0 Å². The summed E-state index contributed by atoms with van der Waals surface area (Å²) in [4.78, 5) is 26.3. The van der Waals surface area contributed by atoms with Crippen molar-refractivity contribution < 1.29 is 19.1 Å². The standard InChI is InChI=1S/C23H24N2O4/c1-28-18-9-5-3-7-16(18)24-22(26)20-14-11-12-15(13-14)21(20)23(27)25-17-8-4-6-10-19(17)29-2/h3-12,14-15,20-21H,13H2,1-2H3,(H,24,26)(H,25,27)/t14-,15-,20-,21+/m1/s1. The first-order valence-electron chi connectivity index (χ1n) is 9.68. The molecule has 2 amide bonds. The Morgan fingerprint density at radius 2 is 1.17 bits per heavy atom. The number of hydrogen-bond acceptors (Lipinski definition) is 4. The van der Waals surface area contributed by atoms with Gasteiger partial charge in [0.05, 0.1) is 37.4 Å². The fourth-order valence-electron chi connectivity index (χ4n) is 4.47. The molecule has 1 saturated carbocycles. The molecule has 0 aliphatic heterocycles. The number of carbonyl (C=O) groups is 2. The van der Waals surface area contributed by atoms with Crippen molar-refractivity contribution >= 4 is 23.2 Å². The summed E-state index contributed by atoms with van der Waals surface area (Å²) in [6.45, 7) is 0. The van der Waals surface area contributed by atoms with Crippen molar-refractivity contribution in [1.29, 1.82) is 0 Å². The molecular weight excluding hydrogens is 368 g/mol. The van der Waals surface area contributed by atoms with E-state index in [-0.39, 0.29) is 23.7 Å². The number of benzene rings is 2. The van der Waals surface area contributed by atoms with Crippen LogP contribution in [0.1, 0.15) is 6.42 Å². The van der Waals surface area contributed by atoms with Crippen LogP contribution < -0.4 is 20.1 Å². The lowest BCUT2D eigenvalue weighted by Gasteiger charge is -2.27. The third kappa shape index (κ3) is 3.58. The Kier molecular flexibility index (Phi) is 5.25. The molecule has 0 radical (unpaired) electrons. The summed E-state index contributed by atoms with van der Waals surface area (Å²) in [7, 11) is 3.13. The fraction of sp³-hybridized carbons (Fsp3) is 0.304. The second-order valence-corrected chi connectivity index (χ2v) is 7.38. The Morgan fingerprint density at radius 1 is 0.759 bits per heavy atom. The maximum Gasteiger partial charge on any atom is 0.229 e. The van der Waals surface area contributed by atoms with Crippen LogP contribution in [-0.2, 0) is 9.59 Å². The Balaban J connectivity index is 1.55. The number of para-hydroxylation sites is 4. The number of hydrogen-bond donors (Lipinski definition) is 2. The number of anilines is 2. The van der Waals surface area contributed by atoms with Gasteiger partial charge in [0.2, 0.25) is 11.8 Å². The molecule has 2 bridgehead atoms. The van der Waals surface area contributed by atoms with Gasteiger partial charge in [-0.3, -0.25) is 9.59 Å². The number of methoxy groups -OCH3 is 2. The number of nitrogens with one attached hydrogen (secondary N) is 2. The summed E-state index contributed by atoms with van der Waals surface area (Å²) in [5, 5.41) is 5.91. The molecule has 2 aromatic carbocycles. The predicted molar refractivity (Wildman–Crippen MR) is 111 cm³/mol. The monoisotopic (exact) mass is 392 g/mol. The Hall–Kier alpha value is -3.28. The van der Waals surface area contributed by atoms with Crippen LogP contribution in [0.4, 0.5) is 11.4 Å². The molecule has 1 fully saturated rings. The second kappa shape index (κ2) is 7.99. The average molecular weight is 392 g/mol. The molecule has 6 heteroatoms. The average Bonchev–Trinajstić information content (AvgIpc) is 3.36. The van der Waals surface area contributed by atoms with Crippen LogP contribution in [0.2, 0.25) is 0 Å². The minimum Gasteiger partial charge on any atom is -0.495 e. The molecule has 2 aliphatic rings. The van der Waals surface area contributed by atoms with E-state index in [2.05, 4.69) is 22.8 Å². The van der Waals surface area contributed by atoms with E-state index in [0.717, 1.165) is 6.42 Å². The summed E-state index contributed by atoms with van der Waals surface area (Å²) in [6.07, 6.45) is 4.93. The molecule has 4 atom stereocenters. The first-order valence-corrected chi connectivity index (χ1v) is 9.68. The quantitative estimate of drug-likeness (QED) is 0.735. The number of amides is 2. The zero-order valence-corrected chi connectivity index (χ0v) is 16.4. The van der Waals surface area contributed by atoms with E-state index in [1.807, 2.05) is 24.3 Å². The van der Waals surface area contributed by atoms with Gasteiger partial charge < -0.3 is 20.1 Å². The molecule has 0 unspecified atom stereocenters. The third-order valence-corrected chi connectivity index (χ3v) is 5.79. The van der Waals surface area contributed by atoms with E-state index < -0.39 is 11.8 Å². The molecule has 0 aromatic heterocycles. The van der Waals surface area contributed by atoms with E-state index in [4.69, 9.17) is 9.47 Å². The van der Waals surface area contributed by atoms with E-state index in [1.165, 1.54) is 0 Å². The van der Waals surface area contributed by atoms with Crippen LogP contribution in [0, 0.1) is 23.7 Å². The van der Waals surface area contributed by atoms with Crippen LogP contribution in [0.5, 0.6) is 11.5 Å². The van der Waals surface area contributed by atoms with Crippen molar-refractivity contribution in [3.05, 3.63) is 60.7 Å². The highest BCUT2D eigenvalue weighted by Gasteiger charge is 2.51. The van der Waals surface area contributed by atoms with E-state index >= 15 is 0 Å². The van der Waals surface area contributed by atoms with Crippen LogP contribution >= 0.6 is 0 Å². The molecular formula is C23H24N2O4. The summed E-state index contributed by atoms with van der Waals surface area (Å²) in [5.74, 6) is 0.127. The van der Waals surface area contributed by atoms with Crippen LogP contribution in [0.25, 0.3) is 0 Å². The molecule has 2 N–H and O–H groups in total. The molecule has 150 valence electrons. The van der Waals surface area contributed by atoms with Gasteiger partial charge in [0.25, 0.3) is 0 Å². The summed E-state index contributed by atoms with van der Waals surface area (Å²) in [6, 6.07) is 14.5. The van der Waals surface area contributed by atoms with E-state index in [9.17, 15) is 9.59 Å². The van der Waals surface area contributed by atoms with Gasteiger partial charge in [0.1, 0.15) is 11.5 Å². The Bertz CT molecular complexity index is 880. The first-order chi connectivity index (χ1) is 14.1.